The Balaban J connectivity index is 1.30. The highest BCUT2D eigenvalue weighted by Gasteiger charge is 2.28. The smallest absolute Gasteiger partial charge is 0.416 e. The van der Waals surface area contributed by atoms with E-state index in [2.05, 4.69) is 0 Å². The number of carbonyl (C=O) groups excluding carboxylic acids is 2. The van der Waals surface area contributed by atoms with Crippen LogP contribution in [0.3, 0.4) is 0 Å². The molecule has 0 saturated carbocycles. The number of ether oxygens (including phenoxy) is 3. The van der Waals surface area contributed by atoms with Crippen molar-refractivity contribution in [3.05, 3.63) is 89.2 Å². The van der Waals surface area contributed by atoms with Crippen LogP contribution in [0.4, 0.5) is 19.4 Å². The zero-order valence-electron chi connectivity index (χ0n) is 25.4. The van der Waals surface area contributed by atoms with E-state index in [-0.39, 0.29) is 13.0 Å². The van der Waals surface area contributed by atoms with Crippen molar-refractivity contribution in [3.8, 4) is 5.75 Å². The third-order valence-corrected chi connectivity index (χ3v) is 7.30. The SMILES string of the molecule is CCOC(=O)CC(c1cc(F)cc(F)c1)n1ccc2cc(OCCc3ccc4c(n3)N(C(=O)OC(C)(C)C)CCC4)ccc21. The number of halogens is 2. The predicted molar refractivity (Wildman–Crippen MR) is 163 cm³/mol. The van der Waals surface area contributed by atoms with Gasteiger partial charge < -0.3 is 18.8 Å². The van der Waals surface area contributed by atoms with Gasteiger partial charge in [0.05, 0.1) is 25.7 Å². The average molecular weight is 606 g/mol. The zero-order chi connectivity index (χ0) is 31.4. The van der Waals surface area contributed by atoms with Gasteiger partial charge in [-0.15, -0.1) is 0 Å². The normalized spacial score (nSPS) is 13.8. The first kappa shape index (κ1) is 31.0. The van der Waals surface area contributed by atoms with E-state index in [1.807, 2.05) is 61.7 Å². The van der Waals surface area contributed by atoms with Crippen LogP contribution >= 0.6 is 0 Å². The molecule has 0 bridgehead atoms. The van der Waals surface area contributed by atoms with E-state index in [0.717, 1.165) is 41.1 Å². The summed E-state index contributed by atoms with van der Waals surface area (Å²) in [5, 5.41) is 0.841. The van der Waals surface area contributed by atoms with E-state index in [4.69, 9.17) is 19.2 Å². The van der Waals surface area contributed by atoms with Gasteiger partial charge in [-0.2, -0.15) is 0 Å². The molecule has 5 rings (SSSR count). The van der Waals surface area contributed by atoms with Crippen molar-refractivity contribution in [3.63, 3.8) is 0 Å². The Morgan fingerprint density at radius 1 is 1.02 bits per heavy atom. The van der Waals surface area contributed by atoms with Gasteiger partial charge in [-0.3, -0.25) is 9.69 Å². The maximum absolute atomic E-state index is 14.1. The van der Waals surface area contributed by atoms with Crippen molar-refractivity contribution in [1.82, 2.24) is 9.55 Å². The molecule has 1 aliphatic rings. The second-order valence-corrected chi connectivity index (χ2v) is 11.8. The summed E-state index contributed by atoms with van der Waals surface area (Å²) in [6.07, 6.45) is 3.54. The first-order valence-electron chi connectivity index (χ1n) is 14.8. The number of hydrogen-bond acceptors (Lipinski definition) is 6. The summed E-state index contributed by atoms with van der Waals surface area (Å²) < 4.78 is 46.8. The predicted octanol–water partition coefficient (Wildman–Crippen LogP) is 7.17. The maximum Gasteiger partial charge on any atom is 0.416 e. The van der Waals surface area contributed by atoms with Crippen LogP contribution in [0.15, 0.2) is 60.8 Å². The summed E-state index contributed by atoms with van der Waals surface area (Å²) in [5.74, 6) is -0.614. The Kier molecular flexibility index (Phi) is 9.17. The molecular weight excluding hydrogens is 568 g/mol. The second kappa shape index (κ2) is 13.0. The molecule has 0 spiro atoms. The molecule has 0 fully saturated rings. The maximum atomic E-state index is 14.1. The minimum atomic E-state index is -0.716. The summed E-state index contributed by atoms with van der Waals surface area (Å²) in [7, 11) is 0. The Labute approximate surface area is 255 Å². The van der Waals surface area contributed by atoms with Gasteiger partial charge >= 0.3 is 12.1 Å². The Morgan fingerprint density at radius 3 is 2.52 bits per heavy atom. The van der Waals surface area contributed by atoms with Gasteiger partial charge in [-0.05, 0) is 94.1 Å². The second-order valence-electron chi connectivity index (χ2n) is 11.8. The van der Waals surface area contributed by atoms with E-state index in [0.29, 0.717) is 36.7 Å². The molecule has 0 saturated heterocycles. The van der Waals surface area contributed by atoms with Gasteiger partial charge in [-0.25, -0.2) is 18.6 Å². The van der Waals surface area contributed by atoms with Gasteiger partial charge in [0, 0.05) is 41.8 Å². The first-order chi connectivity index (χ1) is 21.0. The Morgan fingerprint density at radius 2 is 1.80 bits per heavy atom. The minimum Gasteiger partial charge on any atom is -0.493 e. The fourth-order valence-electron chi connectivity index (χ4n) is 5.41. The average Bonchev–Trinajstić information content (AvgIpc) is 3.37. The lowest BCUT2D eigenvalue weighted by molar-refractivity contribution is -0.143. The number of fused-ring (bicyclic) bond motifs is 2. The number of benzene rings is 2. The standard InChI is InChI=1S/C34H37F2N3O5/c1-5-42-31(40)21-30(24-17-25(35)20-26(36)18-24)38-15-12-23-19-28(10-11-29(23)38)43-16-13-27-9-8-22-7-6-14-39(32(22)37-27)33(41)44-34(2,3)4/h8-12,15,17-20,30H,5-7,13-14,16,21H2,1-4H3. The van der Waals surface area contributed by atoms with Crippen LogP contribution in [-0.2, 0) is 27.1 Å². The molecule has 232 valence electrons. The number of pyridine rings is 1. The third-order valence-electron chi connectivity index (χ3n) is 7.30. The number of rotatable bonds is 9. The van der Waals surface area contributed by atoms with Crippen LogP contribution in [0.25, 0.3) is 10.9 Å². The molecule has 1 aliphatic heterocycles. The topological polar surface area (TPSA) is 82.9 Å². The molecule has 0 aliphatic carbocycles. The van der Waals surface area contributed by atoms with Crippen LogP contribution in [0.5, 0.6) is 5.75 Å². The minimum absolute atomic E-state index is 0.0854. The molecule has 1 amide bonds. The van der Waals surface area contributed by atoms with Crippen LogP contribution in [0.1, 0.15) is 63.4 Å². The number of nitrogens with zero attached hydrogens (tertiary/aromatic N) is 3. The van der Waals surface area contributed by atoms with Gasteiger partial charge in [0.2, 0.25) is 0 Å². The summed E-state index contributed by atoms with van der Waals surface area (Å²) in [6.45, 7) is 8.37. The van der Waals surface area contributed by atoms with Crippen LogP contribution in [0, 0.1) is 11.6 Å². The van der Waals surface area contributed by atoms with Crippen LogP contribution in [0.2, 0.25) is 0 Å². The highest BCUT2D eigenvalue weighted by Crippen LogP contribution is 2.32. The molecule has 4 aromatic rings. The highest BCUT2D eigenvalue weighted by molar-refractivity contribution is 5.88. The van der Waals surface area contributed by atoms with Crippen molar-refractivity contribution in [2.24, 2.45) is 0 Å². The number of amides is 1. The van der Waals surface area contributed by atoms with E-state index in [9.17, 15) is 18.4 Å². The highest BCUT2D eigenvalue weighted by atomic mass is 19.1. The zero-order valence-corrected chi connectivity index (χ0v) is 25.4. The van der Waals surface area contributed by atoms with Crippen LogP contribution < -0.4 is 9.64 Å². The van der Waals surface area contributed by atoms with Crippen molar-refractivity contribution >= 4 is 28.8 Å². The summed E-state index contributed by atoms with van der Waals surface area (Å²) in [4.78, 5) is 31.6. The van der Waals surface area contributed by atoms with Crippen molar-refractivity contribution < 1.29 is 32.6 Å². The number of aromatic nitrogens is 2. The molecule has 3 heterocycles. The molecular formula is C34H37F2N3O5. The summed E-state index contributed by atoms with van der Waals surface area (Å²) in [5.41, 5.74) is 2.33. The number of esters is 1. The van der Waals surface area contributed by atoms with Gasteiger partial charge in [0.15, 0.2) is 0 Å². The number of anilines is 1. The Hall–Kier alpha value is -4.47. The van der Waals surface area contributed by atoms with Gasteiger partial charge in [0.1, 0.15) is 28.8 Å². The number of hydrogen-bond donors (Lipinski definition) is 0. The third kappa shape index (κ3) is 7.35. The van der Waals surface area contributed by atoms with E-state index in [1.54, 1.807) is 18.0 Å². The number of aryl methyl sites for hydroxylation is 1. The fourth-order valence-corrected chi connectivity index (χ4v) is 5.41. The molecule has 1 atom stereocenters. The molecule has 0 radical (unpaired) electrons. The molecule has 10 heteroatoms. The van der Waals surface area contributed by atoms with E-state index in [1.165, 1.54) is 12.1 Å². The molecule has 2 aromatic carbocycles. The molecule has 1 unspecified atom stereocenters. The lowest BCUT2D eigenvalue weighted by Gasteiger charge is -2.31. The van der Waals surface area contributed by atoms with Gasteiger partial charge in [0.25, 0.3) is 0 Å². The first-order valence-corrected chi connectivity index (χ1v) is 14.8. The lowest BCUT2D eigenvalue weighted by Crippen LogP contribution is -2.40. The fraction of sp³-hybridized carbons (Fsp3) is 0.382. The Bertz CT molecular complexity index is 1640. The quantitative estimate of drug-likeness (QED) is 0.188. The largest absolute Gasteiger partial charge is 0.493 e. The monoisotopic (exact) mass is 605 g/mol. The summed E-state index contributed by atoms with van der Waals surface area (Å²) in [6, 6.07) is 14.0. The van der Waals surface area contributed by atoms with Crippen molar-refractivity contribution in [2.75, 3.05) is 24.7 Å². The summed E-state index contributed by atoms with van der Waals surface area (Å²) >= 11 is 0. The molecule has 8 nitrogen and oxygen atoms in total. The number of carbonyl (C=O) groups is 2. The molecule has 2 aromatic heterocycles. The van der Waals surface area contributed by atoms with E-state index < -0.39 is 35.3 Å². The molecule has 0 N–H and O–H groups in total. The lowest BCUT2D eigenvalue weighted by atomic mass is 10.0. The molecule has 44 heavy (non-hydrogen) atoms. The van der Waals surface area contributed by atoms with Crippen LogP contribution in [-0.4, -0.2) is 47.0 Å². The van der Waals surface area contributed by atoms with E-state index >= 15 is 0 Å². The van der Waals surface area contributed by atoms with Gasteiger partial charge in [-0.1, -0.05) is 6.07 Å². The van der Waals surface area contributed by atoms with Crippen molar-refractivity contribution in [1.29, 1.82) is 0 Å². The van der Waals surface area contributed by atoms with Crippen molar-refractivity contribution in [2.45, 2.75) is 65.0 Å².